The van der Waals surface area contributed by atoms with Gasteiger partial charge in [-0.3, -0.25) is 14.7 Å². The standard InChI is InChI=1S/C16H22N4O2/c1-20(11-5-9-7-14(21)17-8-10(9)6-11)16(22)15-12-3-2-4-13(12)18-19-15/h9-11H,2-8H2,1H3,(H,17,21)(H,18,19)/t9-,10+,11-/m0/s1. The molecule has 3 aliphatic rings. The van der Waals surface area contributed by atoms with Crippen LogP contribution >= 0.6 is 0 Å². The van der Waals surface area contributed by atoms with E-state index in [0.29, 0.717) is 24.0 Å². The van der Waals surface area contributed by atoms with Gasteiger partial charge in [0.1, 0.15) is 0 Å². The van der Waals surface area contributed by atoms with Crippen LogP contribution in [0.3, 0.4) is 0 Å². The molecule has 22 heavy (non-hydrogen) atoms. The van der Waals surface area contributed by atoms with Gasteiger partial charge in [-0.05, 0) is 43.9 Å². The molecule has 2 N–H and O–H groups in total. The van der Waals surface area contributed by atoms with Gasteiger partial charge in [0.15, 0.2) is 5.69 Å². The molecule has 1 aromatic rings. The highest BCUT2D eigenvalue weighted by Gasteiger charge is 2.41. The number of fused-ring (bicyclic) bond motifs is 2. The third-order valence-corrected chi connectivity index (χ3v) is 5.70. The zero-order valence-electron chi connectivity index (χ0n) is 12.9. The smallest absolute Gasteiger partial charge is 0.274 e. The maximum Gasteiger partial charge on any atom is 0.274 e. The molecule has 118 valence electrons. The van der Waals surface area contributed by atoms with E-state index in [0.717, 1.165) is 49.9 Å². The predicted octanol–water partition coefficient (Wildman–Crippen LogP) is 0.885. The van der Waals surface area contributed by atoms with E-state index in [2.05, 4.69) is 15.5 Å². The van der Waals surface area contributed by atoms with Gasteiger partial charge in [-0.1, -0.05) is 0 Å². The molecule has 4 rings (SSSR count). The van der Waals surface area contributed by atoms with Crippen molar-refractivity contribution >= 4 is 11.8 Å². The number of hydrogen-bond acceptors (Lipinski definition) is 3. The van der Waals surface area contributed by atoms with E-state index in [9.17, 15) is 9.59 Å². The molecule has 2 heterocycles. The van der Waals surface area contributed by atoms with E-state index >= 15 is 0 Å². The van der Waals surface area contributed by atoms with E-state index in [1.54, 1.807) is 0 Å². The maximum atomic E-state index is 12.8. The van der Waals surface area contributed by atoms with Crippen molar-refractivity contribution in [3.63, 3.8) is 0 Å². The molecule has 0 unspecified atom stereocenters. The number of rotatable bonds is 2. The fraction of sp³-hybridized carbons (Fsp3) is 0.688. The fourth-order valence-electron chi connectivity index (χ4n) is 4.38. The lowest BCUT2D eigenvalue weighted by Crippen LogP contribution is -2.38. The summed E-state index contributed by atoms with van der Waals surface area (Å²) >= 11 is 0. The Labute approximate surface area is 129 Å². The van der Waals surface area contributed by atoms with Crippen molar-refractivity contribution < 1.29 is 9.59 Å². The van der Waals surface area contributed by atoms with Crippen LogP contribution in [0.25, 0.3) is 0 Å². The van der Waals surface area contributed by atoms with Gasteiger partial charge in [-0.15, -0.1) is 0 Å². The van der Waals surface area contributed by atoms with Gasteiger partial charge < -0.3 is 10.2 Å². The van der Waals surface area contributed by atoms with Crippen LogP contribution in [0, 0.1) is 11.8 Å². The quantitative estimate of drug-likeness (QED) is 0.851. The Kier molecular flexibility index (Phi) is 3.20. The second kappa shape index (κ2) is 5.11. The first kappa shape index (κ1) is 13.8. The molecule has 1 aromatic heterocycles. The Morgan fingerprint density at radius 3 is 2.95 bits per heavy atom. The van der Waals surface area contributed by atoms with Crippen LogP contribution in [-0.4, -0.2) is 46.5 Å². The summed E-state index contributed by atoms with van der Waals surface area (Å²) in [5, 5.41) is 10.2. The monoisotopic (exact) mass is 302 g/mol. The van der Waals surface area contributed by atoms with Crippen molar-refractivity contribution in [2.45, 2.75) is 44.6 Å². The minimum atomic E-state index is 0.0299. The summed E-state index contributed by atoms with van der Waals surface area (Å²) in [6.45, 7) is 0.764. The third kappa shape index (κ3) is 2.12. The topological polar surface area (TPSA) is 78.1 Å². The number of hydrogen-bond donors (Lipinski definition) is 2. The molecule has 6 heteroatoms. The van der Waals surface area contributed by atoms with Gasteiger partial charge in [0.05, 0.1) is 0 Å². The molecule has 0 radical (unpaired) electrons. The first-order valence-corrected chi connectivity index (χ1v) is 8.23. The second-order valence-corrected chi connectivity index (χ2v) is 6.95. The number of aromatic nitrogens is 2. The van der Waals surface area contributed by atoms with Crippen LogP contribution in [0.5, 0.6) is 0 Å². The lowest BCUT2D eigenvalue weighted by atomic mass is 9.89. The molecular weight excluding hydrogens is 280 g/mol. The number of piperidine rings is 1. The van der Waals surface area contributed by atoms with Gasteiger partial charge in [-0.25, -0.2) is 0 Å². The Bertz CT molecular complexity index is 624. The van der Waals surface area contributed by atoms with Crippen molar-refractivity contribution in [1.82, 2.24) is 20.4 Å². The predicted molar refractivity (Wildman–Crippen MR) is 80.3 cm³/mol. The summed E-state index contributed by atoms with van der Waals surface area (Å²) in [6, 6.07) is 0.226. The molecule has 2 aliphatic carbocycles. The number of nitrogens with zero attached hydrogens (tertiary/aromatic N) is 2. The zero-order chi connectivity index (χ0) is 15.3. The molecule has 1 saturated heterocycles. The van der Waals surface area contributed by atoms with Gasteiger partial charge in [0, 0.05) is 37.3 Å². The molecule has 0 aromatic carbocycles. The number of carbonyl (C=O) groups excluding carboxylic acids is 2. The van der Waals surface area contributed by atoms with Crippen LogP contribution in [0.2, 0.25) is 0 Å². The third-order valence-electron chi connectivity index (χ3n) is 5.70. The summed E-state index contributed by atoms with van der Waals surface area (Å²) in [4.78, 5) is 26.2. The molecule has 2 amide bonds. The number of aryl methyl sites for hydroxylation is 1. The van der Waals surface area contributed by atoms with Gasteiger partial charge in [0.25, 0.3) is 5.91 Å². The summed E-state index contributed by atoms with van der Waals surface area (Å²) < 4.78 is 0. The lowest BCUT2D eigenvalue weighted by molar-refractivity contribution is -0.124. The van der Waals surface area contributed by atoms with Crippen molar-refractivity contribution in [3.8, 4) is 0 Å². The molecule has 1 saturated carbocycles. The molecule has 0 bridgehead atoms. The summed E-state index contributed by atoms with van der Waals surface area (Å²) in [7, 11) is 1.88. The molecule has 0 spiro atoms. The van der Waals surface area contributed by atoms with Crippen molar-refractivity contribution in [3.05, 3.63) is 17.0 Å². The molecule has 3 atom stereocenters. The first-order valence-electron chi connectivity index (χ1n) is 8.23. The summed E-state index contributed by atoms with van der Waals surface area (Å²) in [6.07, 6.45) is 5.60. The Balaban J connectivity index is 1.49. The van der Waals surface area contributed by atoms with Crippen LogP contribution in [0.4, 0.5) is 0 Å². The molecule has 6 nitrogen and oxygen atoms in total. The maximum absolute atomic E-state index is 12.8. The van der Waals surface area contributed by atoms with Crippen LogP contribution < -0.4 is 5.32 Å². The average molecular weight is 302 g/mol. The minimum Gasteiger partial charge on any atom is -0.356 e. The number of amides is 2. The largest absolute Gasteiger partial charge is 0.356 e. The Morgan fingerprint density at radius 2 is 2.09 bits per heavy atom. The van der Waals surface area contributed by atoms with E-state index in [1.165, 1.54) is 0 Å². The van der Waals surface area contributed by atoms with E-state index in [1.807, 2.05) is 11.9 Å². The minimum absolute atomic E-state index is 0.0299. The van der Waals surface area contributed by atoms with E-state index in [-0.39, 0.29) is 17.9 Å². The van der Waals surface area contributed by atoms with E-state index in [4.69, 9.17) is 0 Å². The van der Waals surface area contributed by atoms with Crippen molar-refractivity contribution in [2.24, 2.45) is 11.8 Å². The highest BCUT2D eigenvalue weighted by atomic mass is 16.2. The second-order valence-electron chi connectivity index (χ2n) is 6.95. The lowest BCUT2D eigenvalue weighted by Gasteiger charge is -2.24. The Hall–Kier alpha value is -1.85. The highest BCUT2D eigenvalue weighted by molar-refractivity contribution is 5.94. The van der Waals surface area contributed by atoms with Crippen LogP contribution in [-0.2, 0) is 17.6 Å². The van der Waals surface area contributed by atoms with Crippen molar-refractivity contribution in [1.29, 1.82) is 0 Å². The van der Waals surface area contributed by atoms with Gasteiger partial charge >= 0.3 is 0 Å². The van der Waals surface area contributed by atoms with Gasteiger partial charge in [-0.2, -0.15) is 5.10 Å². The number of aromatic amines is 1. The van der Waals surface area contributed by atoms with E-state index < -0.39 is 0 Å². The highest BCUT2D eigenvalue weighted by Crippen LogP contribution is 2.38. The summed E-state index contributed by atoms with van der Waals surface area (Å²) in [5.74, 6) is 1.13. The van der Waals surface area contributed by atoms with Crippen LogP contribution in [0.15, 0.2) is 0 Å². The van der Waals surface area contributed by atoms with Gasteiger partial charge in [0.2, 0.25) is 5.91 Å². The number of carbonyl (C=O) groups is 2. The Morgan fingerprint density at radius 1 is 1.27 bits per heavy atom. The zero-order valence-corrected chi connectivity index (χ0v) is 12.9. The molecule has 1 aliphatic heterocycles. The molecule has 2 fully saturated rings. The number of nitrogens with one attached hydrogen (secondary N) is 2. The number of H-pyrrole nitrogens is 1. The average Bonchev–Trinajstić information content (AvgIpc) is 3.19. The summed E-state index contributed by atoms with van der Waals surface area (Å²) in [5.41, 5.74) is 2.86. The normalized spacial score (nSPS) is 29.9. The molecular formula is C16H22N4O2. The fourth-order valence-corrected chi connectivity index (χ4v) is 4.38. The SMILES string of the molecule is CN(C(=O)c1n[nH]c2c1CCC2)[C@H]1C[C@H]2CC(=O)NC[C@H]2C1. The van der Waals surface area contributed by atoms with Crippen LogP contribution in [0.1, 0.15) is 47.4 Å². The first-order chi connectivity index (χ1) is 10.6. The van der Waals surface area contributed by atoms with Crippen molar-refractivity contribution in [2.75, 3.05) is 13.6 Å².